The number of carbonyl (C=O) groups is 1. The van der Waals surface area contributed by atoms with Crippen LogP contribution < -0.4 is 11.1 Å². The summed E-state index contributed by atoms with van der Waals surface area (Å²) in [6, 6.07) is 10.1. The lowest BCUT2D eigenvalue weighted by Crippen LogP contribution is -2.32. The lowest BCUT2D eigenvalue weighted by atomic mass is 9.85. The van der Waals surface area contributed by atoms with Gasteiger partial charge in [-0.2, -0.15) is 0 Å². The van der Waals surface area contributed by atoms with E-state index in [0.717, 1.165) is 25.0 Å². The van der Waals surface area contributed by atoms with E-state index < -0.39 is 6.04 Å². The molecule has 3 rings (SSSR count). The molecule has 0 saturated carbocycles. The van der Waals surface area contributed by atoms with Crippen molar-refractivity contribution < 1.29 is 4.79 Å². The first-order valence-corrected chi connectivity index (χ1v) is 8.05. The summed E-state index contributed by atoms with van der Waals surface area (Å²) in [6.07, 6.45) is 3.09. The van der Waals surface area contributed by atoms with Crippen molar-refractivity contribution in [2.75, 3.05) is 5.32 Å². The molecule has 0 spiro atoms. The topological polar surface area (TPSA) is 68.0 Å². The first-order chi connectivity index (χ1) is 10.1. The molecule has 1 aliphatic rings. The number of halogens is 1. The molecule has 0 fully saturated rings. The Labute approximate surface area is 140 Å². The van der Waals surface area contributed by atoms with E-state index in [-0.39, 0.29) is 18.3 Å². The van der Waals surface area contributed by atoms with Crippen LogP contribution in [0, 0.1) is 0 Å². The summed E-state index contributed by atoms with van der Waals surface area (Å²) >= 11 is 1.58. The van der Waals surface area contributed by atoms with Crippen LogP contribution in [0.5, 0.6) is 0 Å². The molecule has 2 aromatic rings. The Morgan fingerprint density at radius 1 is 1.41 bits per heavy atom. The number of thiazole rings is 1. The summed E-state index contributed by atoms with van der Waals surface area (Å²) in [6.45, 7) is 1.67. The highest BCUT2D eigenvalue weighted by Crippen LogP contribution is 2.36. The van der Waals surface area contributed by atoms with Crippen LogP contribution in [0.25, 0.3) is 0 Å². The maximum atomic E-state index is 11.6. The zero-order valence-corrected chi connectivity index (χ0v) is 14.0. The van der Waals surface area contributed by atoms with Crippen LogP contribution in [-0.2, 0) is 17.6 Å². The number of nitrogens with one attached hydrogen (secondary N) is 1. The zero-order valence-electron chi connectivity index (χ0n) is 12.4. The normalized spacial score (nSPS) is 18.0. The molecular formula is C16H20ClN3OS. The Bertz CT molecular complexity index is 642. The van der Waals surface area contributed by atoms with Gasteiger partial charge in [0, 0.05) is 4.88 Å². The monoisotopic (exact) mass is 337 g/mol. The summed E-state index contributed by atoms with van der Waals surface area (Å²) in [5.41, 5.74) is 8.09. The zero-order chi connectivity index (χ0) is 14.8. The molecule has 1 aromatic heterocycles. The second-order valence-electron chi connectivity index (χ2n) is 5.52. The van der Waals surface area contributed by atoms with Gasteiger partial charge in [0.25, 0.3) is 0 Å². The molecule has 1 aromatic carbocycles. The van der Waals surface area contributed by atoms with E-state index in [4.69, 9.17) is 5.73 Å². The van der Waals surface area contributed by atoms with Crippen molar-refractivity contribution in [3.8, 4) is 0 Å². The van der Waals surface area contributed by atoms with Crippen molar-refractivity contribution in [2.24, 2.45) is 5.73 Å². The third kappa shape index (κ3) is 3.66. The summed E-state index contributed by atoms with van der Waals surface area (Å²) in [5, 5.41) is 3.47. The van der Waals surface area contributed by atoms with Crippen molar-refractivity contribution in [3.05, 3.63) is 46.5 Å². The predicted molar refractivity (Wildman–Crippen MR) is 92.8 cm³/mol. The van der Waals surface area contributed by atoms with Crippen molar-refractivity contribution in [1.82, 2.24) is 4.98 Å². The number of benzene rings is 1. The minimum Gasteiger partial charge on any atom is -0.320 e. The van der Waals surface area contributed by atoms with Crippen molar-refractivity contribution in [3.63, 3.8) is 0 Å². The molecule has 0 saturated heterocycles. The number of carbonyl (C=O) groups excluding carboxylic acids is 1. The molecule has 4 nitrogen and oxygen atoms in total. The molecule has 2 atom stereocenters. The van der Waals surface area contributed by atoms with E-state index in [0.29, 0.717) is 11.0 Å². The quantitative estimate of drug-likeness (QED) is 0.904. The summed E-state index contributed by atoms with van der Waals surface area (Å²) in [4.78, 5) is 17.5. The number of aromatic nitrogens is 1. The number of aryl methyl sites for hydroxylation is 1. The Kier molecular flexibility index (Phi) is 5.56. The van der Waals surface area contributed by atoms with Crippen molar-refractivity contribution in [1.29, 1.82) is 0 Å². The summed E-state index contributed by atoms with van der Waals surface area (Å²) < 4.78 is 0. The lowest BCUT2D eigenvalue weighted by Gasteiger charge is -2.21. The fourth-order valence-electron chi connectivity index (χ4n) is 2.66. The first-order valence-electron chi connectivity index (χ1n) is 7.23. The Hall–Kier alpha value is -1.43. The SMILES string of the molecule is C[C@H](N)C(=O)Nc1nc2c(s1)CC(c1ccccc1)CC2.Cl. The van der Waals surface area contributed by atoms with Gasteiger partial charge in [0.1, 0.15) is 0 Å². The first kappa shape index (κ1) is 16.9. The average Bonchev–Trinajstić information content (AvgIpc) is 2.89. The fourth-order valence-corrected chi connectivity index (χ4v) is 3.75. The molecule has 0 bridgehead atoms. The molecule has 6 heteroatoms. The highest BCUT2D eigenvalue weighted by molar-refractivity contribution is 7.15. The van der Waals surface area contributed by atoms with Crippen molar-refractivity contribution >= 4 is 34.8 Å². The fraction of sp³-hybridized carbons (Fsp3) is 0.375. The molecule has 22 heavy (non-hydrogen) atoms. The maximum absolute atomic E-state index is 11.6. The summed E-state index contributed by atoms with van der Waals surface area (Å²) in [7, 11) is 0. The minimum absolute atomic E-state index is 0. The van der Waals surface area contributed by atoms with Gasteiger partial charge in [-0.3, -0.25) is 4.79 Å². The third-order valence-corrected chi connectivity index (χ3v) is 4.89. The smallest absolute Gasteiger partial charge is 0.242 e. The van der Waals surface area contributed by atoms with E-state index in [1.54, 1.807) is 18.3 Å². The van der Waals surface area contributed by atoms with E-state index in [2.05, 4.69) is 34.6 Å². The average molecular weight is 338 g/mol. The van der Waals surface area contributed by atoms with Crippen LogP contribution in [0.4, 0.5) is 5.13 Å². The highest BCUT2D eigenvalue weighted by Gasteiger charge is 2.24. The summed E-state index contributed by atoms with van der Waals surface area (Å²) in [5.74, 6) is 0.372. The molecule has 1 heterocycles. The van der Waals surface area contributed by atoms with Gasteiger partial charge in [0.05, 0.1) is 11.7 Å². The number of rotatable bonds is 3. The molecule has 1 unspecified atom stereocenters. The van der Waals surface area contributed by atoms with Gasteiger partial charge >= 0.3 is 0 Å². The van der Waals surface area contributed by atoms with Crippen LogP contribution in [0.3, 0.4) is 0 Å². The Morgan fingerprint density at radius 2 is 2.14 bits per heavy atom. The molecule has 3 N–H and O–H groups in total. The van der Waals surface area contributed by atoms with E-state index in [1.807, 2.05) is 6.07 Å². The number of hydrogen-bond acceptors (Lipinski definition) is 4. The number of nitrogens with zero attached hydrogens (tertiary/aromatic N) is 1. The van der Waals surface area contributed by atoms with E-state index >= 15 is 0 Å². The number of hydrogen-bond donors (Lipinski definition) is 2. The van der Waals surface area contributed by atoms with E-state index in [9.17, 15) is 4.79 Å². The van der Waals surface area contributed by atoms with E-state index in [1.165, 1.54) is 10.4 Å². The number of anilines is 1. The number of amides is 1. The molecule has 0 radical (unpaired) electrons. The van der Waals surface area contributed by atoms with Crippen LogP contribution in [0.2, 0.25) is 0 Å². The van der Waals surface area contributed by atoms with Crippen molar-refractivity contribution in [2.45, 2.75) is 38.1 Å². The molecule has 0 aliphatic heterocycles. The molecular weight excluding hydrogens is 318 g/mol. The lowest BCUT2D eigenvalue weighted by molar-refractivity contribution is -0.117. The number of fused-ring (bicyclic) bond motifs is 1. The standard InChI is InChI=1S/C16H19N3OS.ClH/c1-10(17)15(20)19-16-18-13-8-7-12(9-14(13)21-16)11-5-3-2-4-6-11;/h2-6,10,12H,7-9,17H2,1H3,(H,18,19,20);1H/t10-,12?;/m0./s1. The van der Waals surface area contributed by atoms with Crippen LogP contribution in [0.1, 0.15) is 35.4 Å². The Balaban J connectivity index is 0.00000176. The van der Waals surface area contributed by atoms with Crippen LogP contribution in [0.15, 0.2) is 30.3 Å². The molecule has 1 amide bonds. The predicted octanol–water partition coefficient (Wildman–Crippen LogP) is 3.12. The van der Waals surface area contributed by atoms with Gasteiger partial charge in [-0.25, -0.2) is 4.98 Å². The molecule has 1 aliphatic carbocycles. The second-order valence-corrected chi connectivity index (χ2v) is 6.60. The van der Waals surface area contributed by atoms with Gasteiger partial charge in [-0.05, 0) is 37.7 Å². The van der Waals surface area contributed by atoms with Gasteiger partial charge in [0.15, 0.2) is 5.13 Å². The maximum Gasteiger partial charge on any atom is 0.242 e. The molecule has 118 valence electrons. The minimum atomic E-state index is -0.511. The highest BCUT2D eigenvalue weighted by atomic mass is 35.5. The largest absolute Gasteiger partial charge is 0.320 e. The van der Waals surface area contributed by atoms with Gasteiger partial charge < -0.3 is 11.1 Å². The number of nitrogens with two attached hydrogens (primary N) is 1. The Morgan fingerprint density at radius 3 is 2.82 bits per heavy atom. The van der Waals surface area contributed by atoms with Crippen LogP contribution >= 0.6 is 23.7 Å². The second kappa shape index (κ2) is 7.22. The van der Waals surface area contributed by atoms with Crippen LogP contribution in [-0.4, -0.2) is 16.9 Å². The van der Waals surface area contributed by atoms with Gasteiger partial charge in [-0.15, -0.1) is 23.7 Å². The van der Waals surface area contributed by atoms with Gasteiger partial charge in [0.2, 0.25) is 5.91 Å². The third-order valence-electron chi connectivity index (χ3n) is 3.85. The van der Waals surface area contributed by atoms with Gasteiger partial charge in [-0.1, -0.05) is 30.3 Å².